The zero-order chi connectivity index (χ0) is 13.8. The second-order valence-electron chi connectivity index (χ2n) is 5.03. The molecule has 0 amide bonds. The Kier molecular flexibility index (Phi) is 4.27. The van der Waals surface area contributed by atoms with Crippen LogP contribution in [-0.4, -0.2) is 28.8 Å². The predicted octanol–water partition coefficient (Wildman–Crippen LogP) is 1.31. The summed E-state index contributed by atoms with van der Waals surface area (Å²) in [7, 11) is 0. The number of phenolic OH excluding ortho intramolecular Hbond substituents is 2. The molecule has 104 valence electrons. The van der Waals surface area contributed by atoms with Crippen molar-refractivity contribution >= 4 is 5.97 Å². The quantitative estimate of drug-likeness (QED) is 0.532. The number of benzene rings is 1. The van der Waals surface area contributed by atoms with Gasteiger partial charge in [0.2, 0.25) is 0 Å². The minimum atomic E-state index is -0.747. The molecule has 0 aromatic heterocycles. The van der Waals surface area contributed by atoms with Crippen molar-refractivity contribution in [2.45, 2.75) is 31.7 Å². The summed E-state index contributed by atoms with van der Waals surface area (Å²) in [6.07, 6.45) is 3.65. The van der Waals surface area contributed by atoms with E-state index in [1.165, 1.54) is 25.0 Å². The van der Waals surface area contributed by atoms with E-state index in [1.54, 1.807) is 6.07 Å². The Morgan fingerprint density at radius 3 is 2.74 bits per heavy atom. The summed E-state index contributed by atoms with van der Waals surface area (Å²) in [4.78, 5) is 11.6. The molecule has 1 aliphatic carbocycles. The average molecular weight is 265 g/mol. The molecular formula is C14H19NO4. The van der Waals surface area contributed by atoms with Crippen LogP contribution in [0.3, 0.4) is 0 Å². The highest BCUT2D eigenvalue weighted by atomic mass is 16.5. The molecule has 1 unspecified atom stereocenters. The van der Waals surface area contributed by atoms with Crippen LogP contribution in [0, 0.1) is 5.92 Å². The van der Waals surface area contributed by atoms with Crippen LogP contribution >= 0.6 is 0 Å². The lowest BCUT2D eigenvalue weighted by Crippen LogP contribution is -2.34. The monoisotopic (exact) mass is 265 g/mol. The lowest BCUT2D eigenvalue weighted by Gasteiger charge is -2.12. The first-order valence-electron chi connectivity index (χ1n) is 6.49. The van der Waals surface area contributed by atoms with E-state index in [9.17, 15) is 15.0 Å². The topological polar surface area (TPSA) is 92.8 Å². The molecule has 0 radical (unpaired) electrons. The number of aromatic hydroxyl groups is 2. The highest BCUT2D eigenvalue weighted by Gasteiger charge is 2.22. The number of ether oxygens (including phenoxy) is 1. The molecule has 0 heterocycles. The van der Waals surface area contributed by atoms with Crippen molar-refractivity contribution in [3.8, 4) is 11.5 Å². The van der Waals surface area contributed by atoms with Gasteiger partial charge in [0, 0.05) is 0 Å². The zero-order valence-electron chi connectivity index (χ0n) is 10.7. The van der Waals surface area contributed by atoms with Crippen LogP contribution in [0.4, 0.5) is 0 Å². The Morgan fingerprint density at radius 2 is 2.11 bits per heavy atom. The molecule has 1 fully saturated rings. The van der Waals surface area contributed by atoms with Crippen molar-refractivity contribution in [3.63, 3.8) is 0 Å². The lowest BCUT2D eigenvalue weighted by molar-refractivity contribution is -0.145. The van der Waals surface area contributed by atoms with Crippen LogP contribution in [-0.2, 0) is 16.0 Å². The number of esters is 1. The summed E-state index contributed by atoms with van der Waals surface area (Å²) in [6, 6.07) is 3.64. The molecule has 4 N–H and O–H groups in total. The molecular weight excluding hydrogens is 246 g/mol. The number of hydrogen-bond acceptors (Lipinski definition) is 5. The molecule has 1 atom stereocenters. The predicted molar refractivity (Wildman–Crippen MR) is 69.8 cm³/mol. The van der Waals surface area contributed by atoms with Gasteiger partial charge in [0.1, 0.15) is 6.04 Å². The number of hydrogen-bond donors (Lipinski definition) is 3. The molecule has 0 spiro atoms. The fourth-order valence-electron chi connectivity index (χ4n) is 1.87. The Bertz CT molecular complexity index is 457. The summed E-state index contributed by atoms with van der Waals surface area (Å²) in [5.41, 5.74) is 6.43. The van der Waals surface area contributed by atoms with Crippen LogP contribution in [0.5, 0.6) is 11.5 Å². The second-order valence-corrected chi connectivity index (χ2v) is 5.03. The molecule has 1 aromatic rings. The van der Waals surface area contributed by atoms with E-state index in [0.717, 1.165) is 12.3 Å². The van der Waals surface area contributed by atoms with E-state index in [0.29, 0.717) is 12.2 Å². The van der Waals surface area contributed by atoms with E-state index in [2.05, 4.69) is 0 Å². The maximum Gasteiger partial charge on any atom is 0.323 e. The minimum absolute atomic E-state index is 0.190. The Balaban J connectivity index is 1.79. The summed E-state index contributed by atoms with van der Waals surface area (Å²) in [5, 5.41) is 18.5. The van der Waals surface area contributed by atoms with Gasteiger partial charge >= 0.3 is 5.97 Å². The van der Waals surface area contributed by atoms with Crippen molar-refractivity contribution in [2.75, 3.05) is 6.61 Å². The number of rotatable bonds is 6. The summed E-state index contributed by atoms with van der Waals surface area (Å²) >= 11 is 0. The van der Waals surface area contributed by atoms with Crippen molar-refractivity contribution in [1.82, 2.24) is 0 Å². The van der Waals surface area contributed by atoms with E-state index >= 15 is 0 Å². The molecule has 0 aliphatic heterocycles. The van der Waals surface area contributed by atoms with Gasteiger partial charge < -0.3 is 20.7 Å². The van der Waals surface area contributed by atoms with E-state index in [-0.39, 0.29) is 17.9 Å². The van der Waals surface area contributed by atoms with E-state index in [1.807, 2.05) is 0 Å². The van der Waals surface area contributed by atoms with Gasteiger partial charge in [-0.15, -0.1) is 0 Å². The van der Waals surface area contributed by atoms with Gasteiger partial charge in [-0.05, 0) is 36.5 Å². The normalized spacial score (nSPS) is 16.1. The smallest absolute Gasteiger partial charge is 0.323 e. The first-order valence-corrected chi connectivity index (χ1v) is 6.49. The third-order valence-electron chi connectivity index (χ3n) is 3.27. The molecule has 0 bridgehead atoms. The fraction of sp³-hybridized carbons (Fsp3) is 0.500. The van der Waals surface area contributed by atoms with E-state index in [4.69, 9.17) is 10.5 Å². The van der Waals surface area contributed by atoms with Gasteiger partial charge in [-0.25, -0.2) is 0 Å². The summed E-state index contributed by atoms with van der Waals surface area (Å²) in [5.74, 6) is -0.109. The molecule has 5 heteroatoms. The standard InChI is InChI=1S/C14H19NO4/c15-11(14(18)19-6-5-9-1-2-9)7-10-3-4-12(16)13(17)8-10/h3-4,8-9,11,16-17H,1-2,5-7,15H2. The Labute approximate surface area is 112 Å². The van der Waals surface area contributed by atoms with Crippen LogP contribution in [0.25, 0.3) is 0 Å². The van der Waals surface area contributed by atoms with E-state index < -0.39 is 12.0 Å². The first kappa shape index (κ1) is 13.7. The highest BCUT2D eigenvalue weighted by Crippen LogP contribution is 2.32. The SMILES string of the molecule is NC(Cc1ccc(O)c(O)c1)C(=O)OCCC1CC1. The number of carbonyl (C=O) groups excluding carboxylic acids is 1. The number of carbonyl (C=O) groups is 1. The minimum Gasteiger partial charge on any atom is -0.504 e. The van der Waals surface area contributed by atoms with Gasteiger partial charge in [0.15, 0.2) is 11.5 Å². The van der Waals surface area contributed by atoms with Gasteiger partial charge in [-0.1, -0.05) is 18.9 Å². The molecule has 1 aliphatic rings. The number of nitrogens with two attached hydrogens (primary N) is 1. The molecule has 2 rings (SSSR count). The molecule has 0 saturated heterocycles. The molecule has 1 aromatic carbocycles. The molecule has 19 heavy (non-hydrogen) atoms. The van der Waals surface area contributed by atoms with Gasteiger partial charge in [0.25, 0.3) is 0 Å². The molecule has 1 saturated carbocycles. The molecule has 5 nitrogen and oxygen atoms in total. The first-order chi connectivity index (χ1) is 9.06. The van der Waals surface area contributed by atoms with Crippen molar-refractivity contribution < 1.29 is 19.7 Å². The highest BCUT2D eigenvalue weighted by molar-refractivity contribution is 5.75. The summed E-state index contributed by atoms with van der Waals surface area (Å²) < 4.78 is 5.10. The number of phenols is 2. The maximum atomic E-state index is 11.6. The van der Waals surface area contributed by atoms with Crippen LogP contribution in [0.2, 0.25) is 0 Å². The third kappa shape index (κ3) is 4.13. The van der Waals surface area contributed by atoms with Gasteiger partial charge in [0.05, 0.1) is 6.61 Å². The fourth-order valence-corrected chi connectivity index (χ4v) is 1.87. The van der Waals surface area contributed by atoms with Crippen molar-refractivity contribution in [3.05, 3.63) is 23.8 Å². The maximum absolute atomic E-state index is 11.6. The zero-order valence-corrected chi connectivity index (χ0v) is 10.7. The van der Waals surface area contributed by atoms with Gasteiger partial charge in [-0.2, -0.15) is 0 Å². The lowest BCUT2D eigenvalue weighted by atomic mass is 10.1. The Morgan fingerprint density at radius 1 is 1.37 bits per heavy atom. The Hall–Kier alpha value is -1.75. The van der Waals surface area contributed by atoms with Crippen LogP contribution < -0.4 is 5.73 Å². The van der Waals surface area contributed by atoms with Crippen LogP contribution in [0.1, 0.15) is 24.8 Å². The largest absolute Gasteiger partial charge is 0.504 e. The second kappa shape index (κ2) is 5.93. The van der Waals surface area contributed by atoms with Crippen LogP contribution in [0.15, 0.2) is 18.2 Å². The van der Waals surface area contributed by atoms with Gasteiger partial charge in [-0.3, -0.25) is 4.79 Å². The average Bonchev–Trinajstić information content (AvgIpc) is 3.17. The summed E-state index contributed by atoms with van der Waals surface area (Å²) in [6.45, 7) is 0.429. The third-order valence-corrected chi connectivity index (χ3v) is 3.27. The van der Waals surface area contributed by atoms with Crippen molar-refractivity contribution in [2.24, 2.45) is 11.7 Å². The van der Waals surface area contributed by atoms with Crippen molar-refractivity contribution in [1.29, 1.82) is 0 Å².